The van der Waals surface area contributed by atoms with Crippen molar-refractivity contribution >= 4 is 0 Å². The van der Waals surface area contributed by atoms with Crippen molar-refractivity contribution in [3.05, 3.63) is 0 Å². The number of hydrogen-bond donors (Lipinski definition) is 1. The van der Waals surface area contributed by atoms with E-state index < -0.39 is 0 Å². The molecular formula is C11H25NO. The molecule has 0 saturated heterocycles. The minimum Gasteiger partial charge on any atom is -0.380 e. The van der Waals surface area contributed by atoms with Gasteiger partial charge in [-0.25, -0.2) is 0 Å². The van der Waals surface area contributed by atoms with Crippen LogP contribution in [0.2, 0.25) is 0 Å². The van der Waals surface area contributed by atoms with E-state index in [0.717, 1.165) is 13.2 Å². The Labute approximate surface area is 83.1 Å². The van der Waals surface area contributed by atoms with Gasteiger partial charge in [-0.15, -0.1) is 0 Å². The zero-order valence-corrected chi connectivity index (χ0v) is 9.60. The molecule has 13 heavy (non-hydrogen) atoms. The Kier molecular flexibility index (Phi) is 8.46. The third kappa shape index (κ3) is 8.26. The van der Waals surface area contributed by atoms with Crippen molar-refractivity contribution in [2.75, 3.05) is 13.2 Å². The van der Waals surface area contributed by atoms with E-state index in [4.69, 9.17) is 4.74 Å². The minimum atomic E-state index is 0.542. The van der Waals surface area contributed by atoms with Gasteiger partial charge in [0.1, 0.15) is 0 Å². The van der Waals surface area contributed by atoms with Gasteiger partial charge in [0.2, 0.25) is 0 Å². The van der Waals surface area contributed by atoms with Crippen LogP contribution < -0.4 is 5.32 Å². The molecule has 1 unspecified atom stereocenters. The Hall–Kier alpha value is -0.0800. The molecule has 2 heteroatoms. The second-order valence-corrected chi connectivity index (χ2v) is 3.82. The summed E-state index contributed by atoms with van der Waals surface area (Å²) in [6, 6.07) is 1.10. The highest BCUT2D eigenvalue weighted by Gasteiger charge is 2.08. The molecule has 0 heterocycles. The quantitative estimate of drug-likeness (QED) is 0.630. The van der Waals surface area contributed by atoms with Crippen LogP contribution in [0, 0.1) is 0 Å². The molecule has 0 aliphatic rings. The lowest BCUT2D eigenvalue weighted by atomic mass is 10.1. The van der Waals surface area contributed by atoms with Gasteiger partial charge in [0.15, 0.2) is 0 Å². The molecule has 2 nitrogen and oxygen atoms in total. The summed E-state index contributed by atoms with van der Waals surface area (Å²) in [6.45, 7) is 10.3. The summed E-state index contributed by atoms with van der Waals surface area (Å²) in [5.41, 5.74) is 0. The van der Waals surface area contributed by atoms with Crippen LogP contribution in [0.5, 0.6) is 0 Å². The van der Waals surface area contributed by atoms with E-state index in [1.165, 1.54) is 19.3 Å². The topological polar surface area (TPSA) is 21.3 Å². The van der Waals surface area contributed by atoms with E-state index in [1.807, 2.05) is 6.92 Å². The number of rotatable bonds is 8. The predicted molar refractivity (Wildman–Crippen MR) is 58.1 cm³/mol. The van der Waals surface area contributed by atoms with Crippen molar-refractivity contribution in [2.45, 2.75) is 59.0 Å². The summed E-state index contributed by atoms with van der Waals surface area (Å²) in [7, 11) is 0. The SMILES string of the molecule is CCCCC(COCC)NC(C)C. The van der Waals surface area contributed by atoms with Gasteiger partial charge in [-0.2, -0.15) is 0 Å². The van der Waals surface area contributed by atoms with Gasteiger partial charge in [0.25, 0.3) is 0 Å². The number of ether oxygens (including phenoxy) is 1. The van der Waals surface area contributed by atoms with Crippen molar-refractivity contribution in [2.24, 2.45) is 0 Å². The van der Waals surface area contributed by atoms with Crippen LogP contribution in [0.15, 0.2) is 0 Å². The third-order valence-corrected chi connectivity index (χ3v) is 2.00. The standard InChI is InChI=1S/C11H25NO/c1-5-7-8-11(9-13-6-2)12-10(3)4/h10-12H,5-9H2,1-4H3. The molecule has 1 atom stereocenters. The Morgan fingerprint density at radius 2 is 1.92 bits per heavy atom. The second-order valence-electron chi connectivity index (χ2n) is 3.82. The summed E-state index contributed by atoms with van der Waals surface area (Å²) in [6.07, 6.45) is 3.79. The van der Waals surface area contributed by atoms with Crippen LogP contribution >= 0.6 is 0 Å². The number of unbranched alkanes of at least 4 members (excludes halogenated alkanes) is 1. The number of hydrogen-bond acceptors (Lipinski definition) is 2. The molecule has 0 aromatic carbocycles. The molecule has 80 valence electrons. The van der Waals surface area contributed by atoms with Crippen LogP contribution in [-0.4, -0.2) is 25.3 Å². The maximum atomic E-state index is 5.43. The lowest BCUT2D eigenvalue weighted by molar-refractivity contribution is 0.116. The predicted octanol–water partition coefficient (Wildman–Crippen LogP) is 2.58. The van der Waals surface area contributed by atoms with Crippen molar-refractivity contribution in [1.82, 2.24) is 5.32 Å². The molecule has 0 spiro atoms. The maximum Gasteiger partial charge on any atom is 0.0619 e. The summed E-state index contributed by atoms with van der Waals surface area (Å²) in [5.74, 6) is 0. The van der Waals surface area contributed by atoms with E-state index in [2.05, 4.69) is 26.1 Å². The van der Waals surface area contributed by atoms with Crippen molar-refractivity contribution in [3.63, 3.8) is 0 Å². The molecule has 0 saturated carbocycles. The third-order valence-electron chi connectivity index (χ3n) is 2.00. The molecule has 0 aliphatic heterocycles. The van der Waals surface area contributed by atoms with Crippen molar-refractivity contribution in [3.8, 4) is 0 Å². The van der Waals surface area contributed by atoms with Gasteiger partial charge >= 0.3 is 0 Å². The van der Waals surface area contributed by atoms with E-state index in [-0.39, 0.29) is 0 Å². The van der Waals surface area contributed by atoms with Gasteiger partial charge < -0.3 is 10.1 Å². The first-order valence-corrected chi connectivity index (χ1v) is 5.54. The molecule has 1 N–H and O–H groups in total. The summed E-state index contributed by atoms with van der Waals surface area (Å²) in [5, 5.41) is 3.52. The fraction of sp³-hybridized carbons (Fsp3) is 1.00. The number of nitrogens with one attached hydrogen (secondary N) is 1. The van der Waals surface area contributed by atoms with E-state index in [9.17, 15) is 0 Å². The van der Waals surface area contributed by atoms with Crippen LogP contribution in [0.4, 0.5) is 0 Å². The molecule has 0 radical (unpaired) electrons. The first kappa shape index (κ1) is 12.9. The second kappa shape index (κ2) is 8.52. The first-order chi connectivity index (χ1) is 6.20. The fourth-order valence-corrected chi connectivity index (χ4v) is 1.40. The Morgan fingerprint density at radius 1 is 1.23 bits per heavy atom. The summed E-state index contributed by atoms with van der Waals surface area (Å²) < 4.78 is 5.43. The molecule has 0 fully saturated rings. The summed E-state index contributed by atoms with van der Waals surface area (Å²) >= 11 is 0. The lowest BCUT2D eigenvalue weighted by Gasteiger charge is -2.20. The van der Waals surface area contributed by atoms with Crippen LogP contribution in [0.1, 0.15) is 47.0 Å². The fourth-order valence-electron chi connectivity index (χ4n) is 1.40. The van der Waals surface area contributed by atoms with Gasteiger partial charge in [-0.3, -0.25) is 0 Å². The van der Waals surface area contributed by atoms with E-state index in [0.29, 0.717) is 12.1 Å². The molecule has 0 amide bonds. The van der Waals surface area contributed by atoms with Gasteiger partial charge in [0, 0.05) is 18.7 Å². The lowest BCUT2D eigenvalue weighted by Crippen LogP contribution is -2.38. The minimum absolute atomic E-state index is 0.542. The zero-order valence-electron chi connectivity index (χ0n) is 9.60. The largest absolute Gasteiger partial charge is 0.380 e. The molecule has 0 rings (SSSR count). The highest BCUT2D eigenvalue weighted by molar-refractivity contribution is 4.68. The van der Waals surface area contributed by atoms with Crippen molar-refractivity contribution < 1.29 is 4.74 Å². The van der Waals surface area contributed by atoms with Crippen LogP contribution in [0.3, 0.4) is 0 Å². The van der Waals surface area contributed by atoms with Gasteiger partial charge in [0.05, 0.1) is 6.61 Å². The Balaban J connectivity index is 3.60. The average molecular weight is 187 g/mol. The highest BCUT2D eigenvalue weighted by atomic mass is 16.5. The highest BCUT2D eigenvalue weighted by Crippen LogP contribution is 2.02. The molecule has 0 aromatic heterocycles. The molecule has 0 aliphatic carbocycles. The van der Waals surface area contributed by atoms with Crippen LogP contribution in [-0.2, 0) is 4.74 Å². The van der Waals surface area contributed by atoms with Gasteiger partial charge in [-0.05, 0) is 13.3 Å². The molecular weight excluding hydrogens is 162 g/mol. The zero-order chi connectivity index (χ0) is 10.1. The Morgan fingerprint density at radius 3 is 2.38 bits per heavy atom. The van der Waals surface area contributed by atoms with E-state index >= 15 is 0 Å². The van der Waals surface area contributed by atoms with Crippen molar-refractivity contribution in [1.29, 1.82) is 0 Å². The van der Waals surface area contributed by atoms with Crippen LogP contribution in [0.25, 0.3) is 0 Å². The monoisotopic (exact) mass is 187 g/mol. The maximum absolute atomic E-state index is 5.43. The first-order valence-electron chi connectivity index (χ1n) is 5.54. The molecule has 0 bridgehead atoms. The van der Waals surface area contributed by atoms with E-state index in [1.54, 1.807) is 0 Å². The van der Waals surface area contributed by atoms with Gasteiger partial charge in [-0.1, -0.05) is 33.6 Å². The summed E-state index contributed by atoms with van der Waals surface area (Å²) in [4.78, 5) is 0. The Bertz CT molecular complexity index is 96.3. The normalized spacial score (nSPS) is 13.6. The average Bonchev–Trinajstić information content (AvgIpc) is 2.09. The smallest absolute Gasteiger partial charge is 0.0619 e. The molecule has 0 aromatic rings.